The topological polar surface area (TPSA) is 63.0 Å². The van der Waals surface area contributed by atoms with Gasteiger partial charge >= 0.3 is 0 Å². The van der Waals surface area contributed by atoms with Gasteiger partial charge in [-0.15, -0.1) is 0 Å². The lowest BCUT2D eigenvalue weighted by atomic mass is 10.2. The summed E-state index contributed by atoms with van der Waals surface area (Å²) in [7, 11) is 2.00. The number of hydrogen-bond donors (Lipinski definition) is 2. The Labute approximate surface area is 116 Å². The minimum absolute atomic E-state index is 0.125. The van der Waals surface area contributed by atoms with Crippen molar-refractivity contribution in [3.8, 4) is 11.4 Å². The average Bonchev–Trinajstić information content (AvgIpc) is 2.83. The zero-order chi connectivity index (χ0) is 13.9. The number of rotatable bonds is 4. The Hall–Kier alpha value is -2.40. The largest absolute Gasteiger partial charge is 0.395 e. The van der Waals surface area contributed by atoms with Crippen LogP contribution in [0.3, 0.4) is 0 Å². The van der Waals surface area contributed by atoms with Gasteiger partial charge < -0.3 is 15.0 Å². The lowest BCUT2D eigenvalue weighted by Crippen LogP contribution is -2.05. The van der Waals surface area contributed by atoms with E-state index in [4.69, 9.17) is 5.11 Å². The normalized spacial score (nSPS) is 10.9. The predicted octanol–water partition coefficient (Wildman–Crippen LogP) is 2.04. The number of anilines is 1. The third-order valence-electron chi connectivity index (χ3n) is 3.27. The van der Waals surface area contributed by atoms with Crippen molar-refractivity contribution >= 4 is 16.7 Å². The molecule has 0 spiro atoms. The first kappa shape index (κ1) is 12.6. The van der Waals surface area contributed by atoms with Crippen molar-refractivity contribution in [2.45, 2.75) is 0 Å². The van der Waals surface area contributed by atoms with Crippen LogP contribution in [0.4, 0.5) is 5.69 Å². The summed E-state index contributed by atoms with van der Waals surface area (Å²) in [5.74, 6) is 0.918. The number of pyridine rings is 1. The van der Waals surface area contributed by atoms with Gasteiger partial charge in [0.05, 0.1) is 18.3 Å². The Morgan fingerprint density at radius 2 is 2.00 bits per heavy atom. The Bertz CT molecular complexity index is 718. The highest BCUT2D eigenvalue weighted by Crippen LogP contribution is 2.24. The fourth-order valence-corrected chi connectivity index (χ4v) is 2.25. The minimum atomic E-state index is 0.125. The molecule has 0 bridgehead atoms. The molecule has 0 saturated carbocycles. The summed E-state index contributed by atoms with van der Waals surface area (Å²) >= 11 is 0. The lowest BCUT2D eigenvalue weighted by molar-refractivity contribution is 0.311. The van der Waals surface area contributed by atoms with Crippen LogP contribution in [0.5, 0.6) is 0 Å². The summed E-state index contributed by atoms with van der Waals surface area (Å²) in [5, 5.41) is 11.9. The van der Waals surface area contributed by atoms with E-state index in [0.717, 1.165) is 28.1 Å². The van der Waals surface area contributed by atoms with E-state index in [1.165, 1.54) is 0 Å². The highest BCUT2D eigenvalue weighted by atomic mass is 16.3. The zero-order valence-corrected chi connectivity index (χ0v) is 11.2. The molecule has 3 aromatic rings. The van der Waals surface area contributed by atoms with E-state index in [0.29, 0.717) is 6.54 Å². The van der Waals surface area contributed by atoms with Gasteiger partial charge in [0.15, 0.2) is 0 Å². The number of hydrogen-bond acceptors (Lipinski definition) is 4. The highest BCUT2D eigenvalue weighted by molar-refractivity contribution is 5.79. The van der Waals surface area contributed by atoms with Gasteiger partial charge in [-0.2, -0.15) is 0 Å². The van der Waals surface area contributed by atoms with E-state index >= 15 is 0 Å². The van der Waals surface area contributed by atoms with Crippen molar-refractivity contribution in [2.75, 3.05) is 18.5 Å². The van der Waals surface area contributed by atoms with Crippen molar-refractivity contribution < 1.29 is 5.11 Å². The minimum Gasteiger partial charge on any atom is -0.395 e. The Morgan fingerprint density at radius 1 is 1.20 bits per heavy atom. The van der Waals surface area contributed by atoms with E-state index in [2.05, 4.69) is 19.9 Å². The molecule has 0 atom stereocenters. The van der Waals surface area contributed by atoms with Crippen molar-refractivity contribution in [1.29, 1.82) is 0 Å². The van der Waals surface area contributed by atoms with E-state index in [9.17, 15) is 0 Å². The third-order valence-corrected chi connectivity index (χ3v) is 3.27. The summed E-state index contributed by atoms with van der Waals surface area (Å²) in [4.78, 5) is 8.71. The summed E-state index contributed by atoms with van der Waals surface area (Å²) in [6.07, 6.45) is 3.55. The highest BCUT2D eigenvalue weighted by Gasteiger charge is 2.09. The molecule has 0 fully saturated rings. The molecule has 2 aromatic heterocycles. The van der Waals surface area contributed by atoms with Gasteiger partial charge in [0.25, 0.3) is 0 Å². The molecular weight excluding hydrogens is 252 g/mol. The van der Waals surface area contributed by atoms with Gasteiger partial charge in [0.2, 0.25) is 0 Å². The molecule has 0 amide bonds. The van der Waals surface area contributed by atoms with Crippen molar-refractivity contribution in [3.63, 3.8) is 0 Å². The Kier molecular flexibility index (Phi) is 3.35. The van der Waals surface area contributed by atoms with Crippen molar-refractivity contribution in [3.05, 3.63) is 42.7 Å². The molecule has 0 radical (unpaired) electrons. The molecule has 102 valence electrons. The quantitative estimate of drug-likeness (QED) is 0.760. The number of aliphatic hydroxyl groups excluding tert-OH is 1. The molecule has 3 rings (SSSR count). The lowest BCUT2D eigenvalue weighted by Gasteiger charge is -2.06. The van der Waals surface area contributed by atoms with Gasteiger partial charge in [-0.25, -0.2) is 4.98 Å². The molecule has 20 heavy (non-hydrogen) atoms. The van der Waals surface area contributed by atoms with Crippen molar-refractivity contribution in [1.82, 2.24) is 14.5 Å². The van der Waals surface area contributed by atoms with Gasteiger partial charge in [-0.1, -0.05) is 0 Å². The second kappa shape index (κ2) is 5.30. The van der Waals surface area contributed by atoms with Gasteiger partial charge in [0, 0.05) is 31.0 Å². The predicted molar refractivity (Wildman–Crippen MR) is 79.5 cm³/mol. The second-order valence-electron chi connectivity index (χ2n) is 4.59. The molecule has 0 aliphatic rings. The van der Waals surface area contributed by atoms with Crippen LogP contribution in [0.1, 0.15) is 0 Å². The number of aromatic nitrogens is 3. The number of imidazole rings is 1. The van der Waals surface area contributed by atoms with Gasteiger partial charge in [-0.05, 0) is 30.3 Å². The standard InChI is InChI=1S/C15H16N4O/c1-19-14-6-7-16-10-13(14)18-15(19)11-2-4-12(5-3-11)17-8-9-20/h2-7,10,17,20H,8-9H2,1H3. The summed E-state index contributed by atoms with van der Waals surface area (Å²) in [5.41, 5.74) is 4.01. The van der Waals surface area contributed by atoms with E-state index in [1.54, 1.807) is 12.4 Å². The molecule has 0 aliphatic carbocycles. The molecule has 0 saturated heterocycles. The Morgan fingerprint density at radius 3 is 2.70 bits per heavy atom. The smallest absolute Gasteiger partial charge is 0.140 e. The molecule has 2 heterocycles. The first-order valence-electron chi connectivity index (χ1n) is 6.51. The van der Waals surface area contributed by atoms with Crippen LogP contribution in [0, 0.1) is 0 Å². The molecule has 1 aromatic carbocycles. The number of benzene rings is 1. The number of aryl methyl sites for hydroxylation is 1. The first-order valence-corrected chi connectivity index (χ1v) is 6.51. The summed E-state index contributed by atoms with van der Waals surface area (Å²) in [6.45, 7) is 0.677. The van der Waals surface area contributed by atoms with Crippen LogP contribution in [0.15, 0.2) is 42.7 Å². The van der Waals surface area contributed by atoms with Crippen LogP contribution in [-0.4, -0.2) is 32.8 Å². The van der Waals surface area contributed by atoms with Gasteiger partial charge in [-0.3, -0.25) is 4.98 Å². The fraction of sp³-hybridized carbons (Fsp3) is 0.200. The number of fused-ring (bicyclic) bond motifs is 1. The van der Waals surface area contributed by atoms with Crippen LogP contribution in [0.25, 0.3) is 22.4 Å². The van der Waals surface area contributed by atoms with Crippen LogP contribution in [0.2, 0.25) is 0 Å². The molecular formula is C15H16N4O. The first-order chi connectivity index (χ1) is 9.79. The summed E-state index contributed by atoms with van der Waals surface area (Å²) in [6, 6.07) is 9.98. The zero-order valence-electron chi connectivity index (χ0n) is 11.2. The van der Waals surface area contributed by atoms with Crippen LogP contribution < -0.4 is 5.32 Å². The maximum Gasteiger partial charge on any atom is 0.140 e. The molecule has 0 aliphatic heterocycles. The summed E-state index contributed by atoms with van der Waals surface area (Å²) < 4.78 is 2.06. The molecule has 0 unspecified atom stereocenters. The van der Waals surface area contributed by atoms with Gasteiger partial charge in [0.1, 0.15) is 11.3 Å². The fourth-order valence-electron chi connectivity index (χ4n) is 2.25. The van der Waals surface area contributed by atoms with Crippen molar-refractivity contribution in [2.24, 2.45) is 7.05 Å². The van der Waals surface area contributed by atoms with E-state index in [-0.39, 0.29) is 6.61 Å². The maximum absolute atomic E-state index is 8.80. The third kappa shape index (κ3) is 2.23. The van der Waals surface area contributed by atoms with Crippen LogP contribution >= 0.6 is 0 Å². The molecule has 5 heteroatoms. The average molecular weight is 268 g/mol. The van der Waals surface area contributed by atoms with Crippen LogP contribution in [-0.2, 0) is 7.05 Å². The SMILES string of the molecule is Cn1c(-c2ccc(NCCO)cc2)nc2cnccc21. The maximum atomic E-state index is 8.80. The monoisotopic (exact) mass is 268 g/mol. The number of nitrogens with one attached hydrogen (secondary N) is 1. The number of nitrogens with zero attached hydrogens (tertiary/aromatic N) is 3. The van der Waals surface area contributed by atoms with E-state index < -0.39 is 0 Å². The Balaban J connectivity index is 1.96. The molecule has 5 nitrogen and oxygen atoms in total. The van der Waals surface area contributed by atoms with E-state index in [1.807, 2.05) is 37.4 Å². The second-order valence-corrected chi connectivity index (χ2v) is 4.59. The molecule has 2 N–H and O–H groups in total. The number of aliphatic hydroxyl groups is 1.